The normalized spacial score (nSPS) is 11.4. The molecular weight excluding hydrogens is 442 g/mol. The standard InChI is InChI=1S/C14H14N4O4S.C6H15N.ClH/c1-8-13(20)16-14(18-17-8)23-6-12(19)15-5-9-2-3-10-11(4-9)22-7-21-10;1-4-7(5-2)6-3;/h2-4H,5-7H2,1H3,(H,15,19)(H,16,18,20);4-6H2,1-3H3;1H/p-1. The lowest BCUT2D eigenvalue weighted by atomic mass is 10.2. The zero-order valence-electron chi connectivity index (χ0n) is 18.2. The minimum absolute atomic E-state index is 0. The second-order valence-corrected chi connectivity index (χ2v) is 7.38. The minimum atomic E-state index is -0.303. The number of hydrogen-bond acceptors (Lipinski definition) is 8. The number of thioether (sulfide) groups is 1. The Morgan fingerprint density at radius 3 is 2.45 bits per heavy atom. The molecule has 1 aliphatic rings. The Labute approximate surface area is 192 Å². The fourth-order valence-corrected chi connectivity index (χ4v) is 3.18. The molecule has 2 aromatic rings. The van der Waals surface area contributed by atoms with Crippen LogP contribution in [0.15, 0.2) is 28.2 Å². The van der Waals surface area contributed by atoms with Crippen LogP contribution >= 0.6 is 11.8 Å². The first-order chi connectivity index (χ1) is 14.5. The number of benzene rings is 1. The molecule has 31 heavy (non-hydrogen) atoms. The molecule has 1 aromatic carbocycles. The van der Waals surface area contributed by atoms with Crippen LogP contribution in [0, 0.1) is 6.92 Å². The van der Waals surface area contributed by atoms with E-state index in [1.54, 1.807) is 6.92 Å². The number of aryl methyl sites for hydroxylation is 1. The average molecular weight is 471 g/mol. The topological polar surface area (TPSA) is 109 Å². The van der Waals surface area contributed by atoms with E-state index in [1.165, 1.54) is 19.6 Å². The van der Waals surface area contributed by atoms with E-state index < -0.39 is 0 Å². The number of aromatic nitrogens is 3. The van der Waals surface area contributed by atoms with Gasteiger partial charge in [-0.2, -0.15) is 0 Å². The number of amides is 1. The molecule has 2 N–H and O–H groups in total. The van der Waals surface area contributed by atoms with Gasteiger partial charge in [0.25, 0.3) is 5.56 Å². The molecule has 1 aromatic heterocycles. The Kier molecular flexibility index (Phi) is 12.0. The van der Waals surface area contributed by atoms with Crippen molar-refractivity contribution in [3.63, 3.8) is 0 Å². The van der Waals surface area contributed by atoms with Crippen molar-refractivity contribution in [2.75, 3.05) is 32.2 Å². The van der Waals surface area contributed by atoms with Crippen LogP contribution in [0.1, 0.15) is 32.0 Å². The number of aromatic amines is 1. The van der Waals surface area contributed by atoms with E-state index >= 15 is 0 Å². The highest BCUT2D eigenvalue weighted by Crippen LogP contribution is 2.32. The lowest BCUT2D eigenvalue weighted by Gasteiger charge is -2.13. The first-order valence-electron chi connectivity index (χ1n) is 9.90. The van der Waals surface area contributed by atoms with Gasteiger partial charge in [-0.15, -0.1) is 10.2 Å². The molecule has 11 heteroatoms. The summed E-state index contributed by atoms with van der Waals surface area (Å²) in [5, 5.41) is 10.6. The van der Waals surface area contributed by atoms with E-state index in [2.05, 4.69) is 46.2 Å². The Morgan fingerprint density at radius 1 is 1.16 bits per heavy atom. The van der Waals surface area contributed by atoms with Crippen LogP contribution in [0.4, 0.5) is 0 Å². The number of fused-ring (bicyclic) bond motifs is 1. The monoisotopic (exact) mass is 470 g/mol. The maximum absolute atomic E-state index is 11.8. The first kappa shape index (κ1) is 26.7. The number of halogens is 1. The highest BCUT2D eigenvalue weighted by atomic mass is 35.5. The van der Waals surface area contributed by atoms with Crippen molar-refractivity contribution in [2.45, 2.75) is 39.4 Å². The molecule has 1 amide bonds. The molecule has 0 unspecified atom stereocenters. The smallest absolute Gasteiger partial charge is 0.273 e. The van der Waals surface area contributed by atoms with E-state index in [9.17, 15) is 9.59 Å². The van der Waals surface area contributed by atoms with Gasteiger partial charge in [-0.25, -0.2) is 0 Å². The zero-order chi connectivity index (χ0) is 21.9. The predicted molar refractivity (Wildman–Crippen MR) is 116 cm³/mol. The quantitative estimate of drug-likeness (QED) is 0.471. The van der Waals surface area contributed by atoms with Gasteiger partial charge in [0.1, 0.15) is 5.69 Å². The molecule has 1 aliphatic heterocycles. The minimum Gasteiger partial charge on any atom is -1.00 e. The van der Waals surface area contributed by atoms with Gasteiger partial charge >= 0.3 is 0 Å². The molecule has 0 radical (unpaired) electrons. The molecule has 0 aliphatic carbocycles. The molecule has 9 nitrogen and oxygen atoms in total. The van der Waals surface area contributed by atoms with Gasteiger partial charge in [0, 0.05) is 6.54 Å². The van der Waals surface area contributed by atoms with Crippen molar-refractivity contribution >= 4 is 17.7 Å². The largest absolute Gasteiger partial charge is 1.00 e. The second-order valence-electron chi connectivity index (χ2n) is 6.42. The van der Waals surface area contributed by atoms with E-state index in [4.69, 9.17) is 9.47 Å². The van der Waals surface area contributed by atoms with Crippen molar-refractivity contribution in [3.05, 3.63) is 39.8 Å². The summed E-state index contributed by atoms with van der Waals surface area (Å²) >= 11 is 1.12. The van der Waals surface area contributed by atoms with Crippen molar-refractivity contribution in [1.29, 1.82) is 0 Å². The predicted octanol–water partition coefficient (Wildman–Crippen LogP) is -1.04. The number of carbonyl (C=O) groups is 1. The van der Waals surface area contributed by atoms with E-state index in [0.717, 1.165) is 17.3 Å². The summed E-state index contributed by atoms with van der Waals surface area (Å²) in [7, 11) is 0. The number of nitrogens with one attached hydrogen (secondary N) is 2. The summed E-state index contributed by atoms with van der Waals surface area (Å²) in [5.41, 5.74) is 0.904. The second kappa shape index (κ2) is 13.9. The number of nitrogens with zero attached hydrogens (tertiary/aromatic N) is 3. The SMILES string of the molecule is CCN(CC)CC.Cc1nnc(SCC(=O)NCc2ccc3c(c2)OCO3)[nH]c1=O.[Cl-]. The summed E-state index contributed by atoms with van der Waals surface area (Å²) < 4.78 is 10.5. The van der Waals surface area contributed by atoms with Crippen LogP contribution in [0.2, 0.25) is 0 Å². The Balaban J connectivity index is 0.000000523. The molecule has 0 bridgehead atoms. The van der Waals surface area contributed by atoms with Crippen LogP contribution in [0.5, 0.6) is 11.5 Å². The van der Waals surface area contributed by atoms with Gasteiger partial charge in [-0.05, 0) is 44.3 Å². The van der Waals surface area contributed by atoms with E-state index in [1.807, 2.05) is 18.2 Å². The van der Waals surface area contributed by atoms with Crippen LogP contribution < -0.4 is 32.8 Å². The molecule has 0 saturated heterocycles. The fraction of sp³-hybridized carbons (Fsp3) is 0.500. The Hall–Kier alpha value is -2.30. The maximum atomic E-state index is 11.8. The molecule has 0 fully saturated rings. The van der Waals surface area contributed by atoms with Crippen LogP contribution in [0.25, 0.3) is 0 Å². The lowest BCUT2D eigenvalue weighted by molar-refractivity contribution is -0.118. The highest BCUT2D eigenvalue weighted by molar-refractivity contribution is 7.99. The summed E-state index contributed by atoms with van der Waals surface area (Å²) in [6, 6.07) is 5.51. The molecule has 172 valence electrons. The van der Waals surface area contributed by atoms with Crippen molar-refractivity contribution in [3.8, 4) is 11.5 Å². The first-order valence-corrected chi connectivity index (χ1v) is 10.9. The summed E-state index contributed by atoms with van der Waals surface area (Å²) in [4.78, 5) is 28.2. The molecule has 2 heterocycles. The van der Waals surface area contributed by atoms with Crippen molar-refractivity contribution < 1.29 is 26.7 Å². The molecule has 0 saturated carbocycles. The van der Waals surface area contributed by atoms with Crippen LogP contribution in [-0.4, -0.2) is 58.2 Å². The van der Waals surface area contributed by atoms with Crippen LogP contribution in [-0.2, 0) is 11.3 Å². The molecule has 0 atom stereocenters. The average Bonchev–Trinajstić information content (AvgIpc) is 3.23. The summed E-state index contributed by atoms with van der Waals surface area (Å²) in [5.74, 6) is 1.35. The van der Waals surface area contributed by atoms with Crippen molar-refractivity contribution in [2.24, 2.45) is 0 Å². The highest BCUT2D eigenvalue weighted by Gasteiger charge is 2.13. The summed E-state index contributed by atoms with van der Waals surface area (Å²) in [6.45, 7) is 12.3. The Morgan fingerprint density at radius 2 is 1.84 bits per heavy atom. The fourth-order valence-electron chi connectivity index (χ4n) is 2.55. The number of ether oxygens (including phenoxy) is 2. The number of carbonyl (C=O) groups excluding carboxylic acids is 1. The third-order valence-electron chi connectivity index (χ3n) is 4.45. The van der Waals surface area contributed by atoms with E-state index in [0.29, 0.717) is 28.9 Å². The number of rotatable bonds is 8. The van der Waals surface area contributed by atoms with Gasteiger partial charge in [0.2, 0.25) is 12.7 Å². The van der Waals surface area contributed by atoms with E-state index in [-0.39, 0.29) is 36.4 Å². The number of hydrogen-bond donors (Lipinski definition) is 2. The molecule has 3 rings (SSSR count). The lowest BCUT2D eigenvalue weighted by Crippen LogP contribution is -3.00. The van der Waals surface area contributed by atoms with Gasteiger partial charge in [0.05, 0.1) is 5.75 Å². The van der Waals surface area contributed by atoms with Crippen molar-refractivity contribution in [1.82, 2.24) is 25.4 Å². The molecular formula is C20H29ClN5O4S-. The van der Waals surface area contributed by atoms with Gasteiger partial charge in [-0.3, -0.25) is 14.6 Å². The van der Waals surface area contributed by atoms with Crippen LogP contribution in [0.3, 0.4) is 0 Å². The van der Waals surface area contributed by atoms with Gasteiger partial charge in [0.15, 0.2) is 16.7 Å². The third-order valence-corrected chi connectivity index (χ3v) is 5.31. The van der Waals surface area contributed by atoms with Gasteiger partial charge in [-0.1, -0.05) is 38.6 Å². The molecule has 0 spiro atoms. The zero-order valence-corrected chi connectivity index (χ0v) is 19.8. The maximum Gasteiger partial charge on any atom is 0.273 e. The Bertz CT molecular complexity index is 887. The van der Waals surface area contributed by atoms with Gasteiger partial charge < -0.3 is 32.1 Å². The summed E-state index contributed by atoms with van der Waals surface area (Å²) in [6.07, 6.45) is 0. The third kappa shape index (κ3) is 8.76. The number of H-pyrrole nitrogens is 1.